The van der Waals surface area contributed by atoms with E-state index in [0.717, 1.165) is 13.1 Å². The zero-order valence-electron chi connectivity index (χ0n) is 10.1. The van der Waals surface area contributed by atoms with Crippen LogP contribution in [0.25, 0.3) is 0 Å². The second-order valence-corrected chi connectivity index (χ2v) is 4.46. The van der Waals surface area contributed by atoms with Crippen LogP contribution in [-0.2, 0) is 33.4 Å². The minimum Gasteiger partial charge on any atom is -0.391 e. The molecule has 2 aromatic carbocycles. The average molecular weight is 328 g/mol. The van der Waals surface area contributed by atoms with Gasteiger partial charge in [0.2, 0.25) is 0 Å². The molecule has 1 nitrogen and oxygen atoms in total. The summed E-state index contributed by atoms with van der Waals surface area (Å²) in [6, 6.07) is 21.2. The second-order valence-electron chi connectivity index (χ2n) is 4.46. The first-order valence-corrected chi connectivity index (χ1v) is 6.13. The minimum absolute atomic E-state index is 0. The number of para-hydroxylation sites is 1. The number of hydrogen-bond donors (Lipinski definition) is 0. The molecule has 2 aromatic rings. The Balaban J connectivity index is 0.00000120. The molecule has 0 aromatic heterocycles. The Kier molecular flexibility index (Phi) is 4.58. The van der Waals surface area contributed by atoms with E-state index in [1.807, 2.05) is 18.2 Å². The third-order valence-corrected chi connectivity index (χ3v) is 3.24. The molecule has 1 aliphatic heterocycles. The fraction of sp³-hybridized carbons (Fsp3) is 0.250. The van der Waals surface area contributed by atoms with Crippen molar-refractivity contribution in [3.63, 3.8) is 0 Å². The topological polar surface area (TPSA) is 3.24 Å². The number of benzene rings is 2. The van der Waals surface area contributed by atoms with Gasteiger partial charge in [0, 0.05) is 13.1 Å². The molecule has 2 heteroatoms. The SMILES string of the molecule is [Pd+2].[c-]1ccccc1CN1CCCc2ccc[c-]c21. The van der Waals surface area contributed by atoms with E-state index in [4.69, 9.17) is 0 Å². The predicted octanol–water partition coefficient (Wildman–Crippen LogP) is 3.24. The Morgan fingerprint density at radius 3 is 2.78 bits per heavy atom. The number of aryl methyl sites for hydroxylation is 1. The minimum atomic E-state index is 0. The summed E-state index contributed by atoms with van der Waals surface area (Å²) < 4.78 is 0. The molecular formula is C16H15NPd. The van der Waals surface area contributed by atoms with Crippen LogP contribution in [0.3, 0.4) is 0 Å². The maximum Gasteiger partial charge on any atom is 2.00 e. The first kappa shape index (κ1) is 13.3. The Morgan fingerprint density at radius 1 is 1.06 bits per heavy atom. The standard InChI is InChI=1S/C16H15N.Pd/c1-2-7-14(8-3-1)13-17-12-6-10-15-9-4-5-11-16(15)17;/h1-5,7,9H,6,10,12-13H2;/q-2;+2. The molecule has 0 unspecified atom stereocenters. The molecule has 0 fully saturated rings. The van der Waals surface area contributed by atoms with Gasteiger partial charge in [-0.25, -0.2) is 0 Å². The van der Waals surface area contributed by atoms with E-state index in [1.165, 1.54) is 29.7 Å². The van der Waals surface area contributed by atoms with Crippen molar-refractivity contribution >= 4 is 5.69 Å². The molecule has 3 rings (SSSR count). The molecule has 0 saturated carbocycles. The van der Waals surface area contributed by atoms with Gasteiger partial charge in [-0.2, -0.15) is 54.6 Å². The first-order valence-electron chi connectivity index (χ1n) is 6.13. The van der Waals surface area contributed by atoms with Gasteiger partial charge in [0.1, 0.15) is 0 Å². The van der Waals surface area contributed by atoms with Crippen LogP contribution in [-0.4, -0.2) is 6.54 Å². The monoisotopic (exact) mass is 327 g/mol. The normalized spacial score (nSPS) is 13.7. The number of fused-ring (bicyclic) bond motifs is 1. The Hall–Kier alpha value is -1.10. The number of anilines is 1. The van der Waals surface area contributed by atoms with Crippen LogP contribution in [0.2, 0.25) is 0 Å². The maximum atomic E-state index is 3.37. The van der Waals surface area contributed by atoms with Gasteiger partial charge in [0.05, 0.1) is 0 Å². The Bertz CT molecular complexity index is 495. The zero-order valence-corrected chi connectivity index (χ0v) is 11.7. The predicted molar refractivity (Wildman–Crippen MR) is 69.9 cm³/mol. The van der Waals surface area contributed by atoms with Crippen LogP contribution >= 0.6 is 0 Å². The van der Waals surface area contributed by atoms with Crippen LogP contribution in [0.15, 0.2) is 42.5 Å². The van der Waals surface area contributed by atoms with Crippen molar-refractivity contribution in [1.82, 2.24) is 0 Å². The molecule has 0 aliphatic carbocycles. The van der Waals surface area contributed by atoms with Gasteiger partial charge >= 0.3 is 20.4 Å². The largest absolute Gasteiger partial charge is 2.00 e. The summed E-state index contributed by atoms with van der Waals surface area (Å²) in [5.41, 5.74) is 3.95. The van der Waals surface area contributed by atoms with Crippen molar-refractivity contribution in [3.05, 3.63) is 65.7 Å². The molecule has 0 radical (unpaired) electrons. The second kappa shape index (κ2) is 6.18. The molecule has 0 spiro atoms. The average Bonchev–Trinajstić information content (AvgIpc) is 2.40. The Morgan fingerprint density at radius 2 is 1.94 bits per heavy atom. The third-order valence-electron chi connectivity index (χ3n) is 3.24. The quantitative estimate of drug-likeness (QED) is 0.604. The van der Waals surface area contributed by atoms with Gasteiger partial charge in [-0.15, -0.1) is 11.1 Å². The van der Waals surface area contributed by atoms with Gasteiger partial charge in [-0.1, -0.05) is 12.1 Å². The van der Waals surface area contributed by atoms with Crippen LogP contribution < -0.4 is 4.90 Å². The van der Waals surface area contributed by atoms with Crippen molar-refractivity contribution in [1.29, 1.82) is 0 Å². The van der Waals surface area contributed by atoms with Gasteiger partial charge in [-0.3, -0.25) is 0 Å². The van der Waals surface area contributed by atoms with Crippen LogP contribution in [0, 0.1) is 12.1 Å². The first-order chi connectivity index (χ1) is 8.43. The van der Waals surface area contributed by atoms with Crippen molar-refractivity contribution < 1.29 is 20.4 Å². The van der Waals surface area contributed by atoms with Crippen LogP contribution in [0.1, 0.15) is 17.5 Å². The smallest absolute Gasteiger partial charge is 0.391 e. The summed E-state index contributed by atoms with van der Waals surface area (Å²) in [6.07, 6.45) is 2.42. The van der Waals surface area contributed by atoms with Crippen molar-refractivity contribution in [2.24, 2.45) is 0 Å². The Labute approximate surface area is 122 Å². The van der Waals surface area contributed by atoms with Gasteiger partial charge < -0.3 is 4.90 Å². The fourth-order valence-corrected chi connectivity index (χ4v) is 2.42. The van der Waals surface area contributed by atoms with E-state index in [-0.39, 0.29) is 20.4 Å². The van der Waals surface area contributed by atoms with E-state index in [2.05, 4.69) is 41.3 Å². The summed E-state index contributed by atoms with van der Waals surface area (Å²) in [6.45, 7) is 2.06. The fourth-order valence-electron chi connectivity index (χ4n) is 2.42. The molecule has 0 saturated heterocycles. The van der Waals surface area contributed by atoms with Crippen molar-refractivity contribution in [3.8, 4) is 0 Å². The number of rotatable bonds is 2. The van der Waals surface area contributed by atoms with E-state index in [0.29, 0.717) is 0 Å². The zero-order chi connectivity index (χ0) is 11.5. The van der Waals surface area contributed by atoms with Crippen molar-refractivity contribution in [2.75, 3.05) is 11.4 Å². The molecule has 0 N–H and O–H groups in total. The van der Waals surface area contributed by atoms with E-state index in [9.17, 15) is 0 Å². The summed E-state index contributed by atoms with van der Waals surface area (Å²) in [4.78, 5) is 2.41. The molecule has 94 valence electrons. The van der Waals surface area contributed by atoms with E-state index in [1.54, 1.807) is 0 Å². The molecule has 0 atom stereocenters. The molecular weight excluding hydrogens is 313 g/mol. The molecule has 0 bridgehead atoms. The summed E-state index contributed by atoms with van der Waals surface area (Å²) >= 11 is 0. The van der Waals surface area contributed by atoms with E-state index < -0.39 is 0 Å². The summed E-state index contributed by atoms with van der Waals surface area (Å²) in [5.74, 6) is 0. The van der Waals surface area contributed by atoms with Gasteiger partial charge in [-0.05, 0) is 6.42 Å². The molecule has 0 amide bonds. The maximum absolute atomic E-state index is 3.37. The number of nitrogens with zero attached hydrogens (tertiary/aromatic N) is 1. The van der Waals surface area contributed by atoms with Crippen molar-refractivity contribution in [2.45, 2.75) is 19.4 Å². The number of hydrogen-bond acceptors (Lipinski definition) is 1. The van der Waals surface area contributed by atoms with Crippen LogP contribution in [0.5, 0.6) is 0 Å². The molecule has 1 aliphatic rings. The molecule has 18 heavy (non-hydrogen) atoms. The van der Waals surface area contributed by atoms with Crippen LogP contribution in [0.4, 0.5) is 5.69 Å². The summed E-state index contributed by atoms with van der Waals surface area (Å²) in [5, 5.41) is 0. The summed E-state index contributed by atoms with van der Waals surface area (Å²) in [7, 11) is 0. The molecule has 1 heterocycles. The van der Waals surface area contributed by atoms with E-state index >= 15 is 0 Å². The third kappa shape index (κ3) is 2.83. The van der Waals surface area contributed by atoms with Gasteiger partial charge in [0.25, 0.3) is 0 Å². The van der Waals surface area contributed by atoms with Gasteiger partial charge in [0.15, 0.2) is 0 Å².